The third-order valence-electron chi connectivity index (χ3n) is 2.65. The van der Waals surface area contributed by atoms with E-state index in [0.717, 1.165) is 5.56 Å². The Balaban J connectivity index is 2.18. The average molecular weight is 242 g/mol. The second-order valence-electron chi connectivity index (χ2n) is 4.11. The Bertz CT molecular complexity index is 525. The van der Waals surface area contributed by atoms with E-state index in [-0.39, 0.29) is 5.91 Å². The third-order valence-corrected chi connectivity index (χ3v) is 2.65. The lowest BCUT2D eigenvalue weighted by molar-refractivity contribution is -0.120. The topological polar surface area (TPSA) is 80.9 Å². The van der Waals surface area contributed by atoms with Crippen LogP contribution in [0.15, 0.2) is 48.9 Å². The van der Waals surface area contributed by atoms with Gasteiger partial charge >= 0.3 is 0 Å². The predicted octanol–water partition coefficient (Wildman–Crippen LogP) is 1.29. The molecule has 1 amide bonds. The molecule has 2 aromatic rings. The number of hydrogen-bond acceptors (Lipinski definition) is 4. The van der Waals surface area contributed by atoms with E-state index in [1.165, 1.54) is 18.6 Å². The maximum atomic E-state index is 12.1. The van der Waals surface area contributed by atoms with Crippen molar-refractivity contribution in [1.29, 1.82) is 0 Å². The molecule has 0 radical (unpaired) electrons. The highest BCUT2D eigenvalue weighted by atomic mass is 16.2. The minimum atomic E-state index is -1.11. The van der Waals surface area contributed by atoms with E-state index in [1.807, 2.05) is 30.3 Å². The van der Waals surface area contributed by atoms with Crippen molar-refractivity contribution in [3.63, 3.8) is 0 Å². The van der Waals surface area contributed by atoms with E-state index < -0.39 is 5.54 Å². The Hall–Kier alpha value is -2.27. The highest BCUT2D eigenvalue weighted by Gasteiger charge is 2.30. The van der Waals surface area contributed by atoms with Crippen molar-refractivity contribution in [2.45, 2.75) is 12.5 Å². The summed E-state index contributed by atoms with van der Waals surface area (Å²) in [7, 11) is 0. The number of amides is 1. The van der Waals surface area contributed by atoms with Crippen LogP contribution in [0.25, 0.3) is 0 Å². The van der Waals surface area contributed by atoms with Gasteiger partial charge in [0.2, 0.25) is 5.91 Å². The van der Waals surface area contributed by atoms with Gasteiger partial charge in [-0.15, -0.1) is 0 Å². The zero-order valence-electron chi connectivity index (χ0n) is 10.00. The molecule has 5 heteroatoms. The number of benzene rings is 1. The van der Waals surface area contributed by atoms with Crippen molar-refractivity contribution in [2.75, 3.05) is 5.32 Å². The standard InChI is InChI=1S/C13H14N4O/c1-13(14,10-5-3-2-4-6-10)12(18)17-11-9-15-7-8-16-11/h2-9H,14H2,1H3,(H,16,17,18). The van der Waals surface area contributed by atoms with E-state index >= 15 is 0 Å². The van der Waals surface area contributed by atoms with Crippen molar-refractivity contribution in [2.24, 2.45) is 5.73 Å². The van der Waals surface area contributed by atoms with Gasteiger partial charge in [0, 0.05) is 12.4 Å². The molecule has 1 heterocycles. The molecule has 1 atom stereocenters. The molecule has 1 aromatic heterocycles. The first-order valence-electron chi connectivity index (χ1n) is 5.52. The maximum Gasteiger partial charge on any atom is 0.249 e. The lowest BCUT2D eigenvalue weighted by Gasteiger charge is -2.23. The fourth-order valence-corrected chi connectivity index (χ4v) is 1.53. The van der Waals surface area contributed by atoms with E-state index in [9.17, 15) is 4.79 Å². The van der Waals surface area contributed by atoms with Crippen molar-refractivity contribution < 1.29 is 4.79 Å². The van der Waals surface area contributed by atoms with Crippen LogP contribution in [0.2, 0.25) is 0 Å². The molecule has 0 bridgehead atoms. The predicted molar refractivity (Wildman–Crippen MR) is 68.6 cm³/mol. The molecule has 0 fully saturated rings. The molecule has 0 spiro atoms. The number of anilines is 1. The molecule has 92 valence electrons. The Morgan fingerprint density at radius 3 is 2.61 bits per heavy atom. The number of hydrogen-bond donors (Lipinski definition) is 2. The molecule has 0 aliphatic carbocycles. The van der Waals surface area contributed by atoms with Crippen LogP contribution in [-0.4, -0.2) is 15.9 Å². The van der Waals surface area contributed by atoms with Gasteiger partial charge in [-0.25, -0.2) is 4.98 Å². The summed E-state index contributed by atoms with van der Waals surface area (Å²) >= 11 is 0. The van der Waals surface area contributed by atoms with Gasteiger partial charge in [0.25, 0.3) is 0 Å². The van der Waals surface area contributed by atoms with Gasteiger partial charge in [-0.05, 0) is 12.5 Å². The first-order chi connectivity index (χ1) is 8.60. The summed E-state index contributed by atoms with van der Waals surface area (Å²) in [5, 5.41) is 2.64. The molecule has 1 unspecified atom stereocenters. The molecule has 0 saturated carbocycles. The van der Waals surface area contributed by atoms with Gasteiger partial charge in [0.1, 0.15) is 5.54 Å². The summed E-state index contributed by atoms with van der Waals surface area (Å²) in [6.07, 6.45) is 4.51. The van der Waals surface area contributed by atoms with Crippen LogP contribution < -0.4 is 11.1 Å². The lowest BCUT2D eigenvalue weighted by atomic mass is 9.92. The van der Waals surface area contributed by atoms with E-state index in [1.54, 1.807) is 6.92 Å². The van der Waals surface area contributed by atoms with Crippen LogP contribution in [0.4, 0.5) is 5.82 Å². The number of carbonyl (C=O) groups excluding carboxylic acids is 1. The molecular formula is C13H14N4O. The fraction of sp³-hybridized carbons (Fsp3) is 0.154. The number of carbonyl (C=O) groups is 1. The number of rotatable bonds is 3. The van der Waals surface area contributed by atoms with Crippen LogP contribution in [-0.2, 0) is 10.3 Å². The first kappa shape index (κ1) is 12.2. The Morgan fingerprint density at radius 2 is 2.00 bits per heavy atom. The van der Waals surface area contributed by atoms with Crippen LogP contribution in [0.1, 0.15) is 12.5 Å². The van der Waals surface area contributed by atoms with Crippen molar-refractivity contribution >= 4 is 11.7 Å². The highest BCUT2D eigenvalue weighted by Crippen LogP contribution is 2.18. The minimum absolute atomic E-state index is 0.325. The Morgan fingerprint density at radius 1 is 1.28 bits per heavy atom. The van der Waals surface area contributed by atoms with Crippen molar-refractivity contribution in [3.8, 4) is 0 Å². The number of nitrogens with zero attached hydrogens (tertiary/aromatic N) is 2. The Kier molecular flexibility index (Phi) is 3.34. The first-order valence-corrected chi connectivity index (χ1v) is 5.52. The number of aromatic nitrogens is 2. The normalized spacial score (nSPS) is 13.7. The van der Waals surface area contributed by atoms with E-state index in [4.69, 9.17) is 5.73 Å². The summed E-state index contributed by atoms with van der Waals surface area (Å²) < 4.78 is 0. The quantitative estimate of drug-likeness (QED) is 0.849. The number of nitrogens with two attached hydrogens (primary N) is 1. The molecule has 0 saturated heterocycles. The molecule has 3 N–H and O–H groups in total. The second kappa shape index (κ2) is 4.93. The molecule has 0 aliphatic heterocycles. The molecule has 18 heavy (non-hydrogen) atoms. The number of nitrogens with one attached hydrogen (secondary N) is 1. The summed E-state index contributed by atoms with van der Waals surface area (Å²) in [6, 6.07) is 9.19. The molecule has 1 aromatic carbocycles. The molecule has 0 aliphatic rings. The van der Waals surface area contributed by atoms with Crippen LogP contribution in [0, 0.1) is 0 Å². The molecule has 5 nitrogen and oxygen atoms in total. The van der Waals surface area contributed by atoms with E-state index in [0.29, 0.717) is 5.82 Å². The van der Waals surface area contributed by atoms with Crippen LogP contribution in [0.5, 0.6) is 0 Å². The zero-order valence-corrected chi connectivity index (χ0v) is 10.00. The highest BCUT2D eigenvalue weighted by molar-refractivity contribution is 5.97. The molecular weight excluding hydrogens is 228 g/mol. The third kappa shape index (κ3) is 2.52. The smallest absolute Gasteiger partial charge is 0.249 e. The van der Waals surface area contributed by atoms with Crippen LogP contribution in [0.3, 0.4) is 0 Å². The SMILES string of the molecule is CC(N)(C(=O)Nc1cnccn1)c1ccccc1. The maximum absolute atomic E-state index is 12.1. The monoisotopic (exact) mass is 242 g/mol. The van der Waals surface area contributed by atoms with E-state index in [2.05, 4.69) is 15.3 Å². The van der Waals surface area contributed by atoms with Crippen LogP contribution >= 0.6 is 0 Å². The van der Waals surface area contributed by atoms with Gasteiger partial charge in [0.05, 0.1) is 6.20 Å². The average Bonchev–Trinajstić information content (AvgIpc) is 2.41. The summed E-state index contributed by atoms with van der Waals surface area (Å²) in [5.41, 5.74) is 5.70. The lowest BCUT2D eigenvalue weighted by Crippen LogP contribution is -2.45. The molecule has 2 rings (SSSR count). The van der Waals surface area contributed by atoms with Crippen molar-refractivity contribution in [1.82, 2.24) is 9.97 Å². The van der Waals surface area contributed by atoms with Gasteiger partial charge in [0.15, 0.2) is 5.82 Å². The summed E-state index contributed by atoms with van der Waals surface area (Å²) in [5.74, 6) is 0.0595. The van der Waals surface area contributed by atoms with Gasteiger partial charge in [-0.3, -0.25) is 9.78 Å². The second-order valence-corrected chi connectivity index (χ2v) is 4.11. The van der Waals surface area contributed by atoms with Crippen molar-refractivity contribution in [3.05, 3.63) is 54.5 Å². The van der Waals surface area contributed by atoms with Gasteiger partial charge in [-0.1, -0.05) is 30.3 Å². The zero-order chi connectivity index (χ0) is 13.0. The largest absolute Gasteiger partial charge is 0.314 e. The fourth-order valence-electron chi connectivity index (χ4n) is 1.53. The van der Waals surface area contributed by atoms with Gasteiger partial charge in [-0.2, -0.15) is 0 Å². The summed E-state index contributed by atoms with van der Waals surface area (Å²) in [4.78, 5) is 20.0. The minimum Gasteiger partial charge on any atom is -0.314 e. The Labute approximate surface area is 105 Å². The van der Waals surface area contributed by atoms with Gasteiger partial charge < -0.3 is 11.1 Å². The summed E-state index contributed by atoms with van der Waals surface area (Å²) in [6.45, 7) is 1.66.